The molecule has 2 amide bonds. The maximum atomic E-state index is 12.3. The van der Waals surface area contributed by atoms with E-state index in [2.05, 4.69) is 22.2 Å². The molecule has 1 aromatic carbocycles. The maximum Gasteiger partial charge on any atom is 0.317 e. The number of amides is 2. The molecule has 1 fully saturated rings. The lowest BCUT2D eigenvalue weighted by Crippen LogP contribution is -2.49. The molecule has 0 aliphatic carbocycles. The standard InChI is InChI=1S/C17H28N4O2/c1-19-8-10-21(11-9-19)14-16(15-6-4-3-5-7-15)18-17(23)20(2)12-13-22/h3-7,16,22H,8-14H2,1-2H3,(H,18,23). The molecule has 128 valence electrons. The van der Waals surface area contributed by atoms with E-state index in [1.807, 2.05) is 30.3 Å². The first-order chi connectivity index (χ1) is 11.1. The number of nitrogens with one attached hydrogen (secondary N) is 1. The molecule has 0 bridgehead atoms. The van der Waals surface area contributed by atoms with Crippen molar-refractivity contribution in [2.45, 2.75) is 6.04 Å². The van der Waals surface area contributed by atoms with Crippen molar-refractivity contribution in [3.8, 4) is 0 Å². The van der Waals surface area contributed by atoms with Crippen LogP contribution in [0.1, 0.15) is 11.6 Å². The molecular formula is C17H28N4O2. The van der Waals surface area contributed by atoms with Crippen molar-refractivity contribution in [2.75, 3.05) is 60.0 Å². The Kier molecular flexibility index (Phi) is 6.83. The summed E-state index contributed by atoms with van der Waals surface area (Å²) in [5.41, 5.74) is 1.11. The summed E-state index contributed by atoms with van der Waals surface area (Å²) in [6.07, 6.45) is 0. The smallest absolute Gasteiger partial charge is 0.317 e. The van der Waals surface area contributed by atoms with Crippen molar-refractivity contribution in [3.63, 3.8) is 0 Å². The van der Waals surface area contributed by atoms with Gasteiger partial charge in [-0.2, -0.15) is 0 Å². The first-order valence-electron chi connectivity index (χ1n) is 8.18. The Labute approximate surface area is 138 Å². The number of benzene rings is 1. The van der Waals surface area contributed by atoms with Crippen LogP contribution in [-0.2, 0) is 0 Å². The van der Waals surface area contributed by atoms with Crippen molar-refractivity contribution in [1.29, 1.82) is 0 Å². The summed E-state index contributed by atoms with van der Waals surface area (Å²) < 4.78 is 0. The second kappa shape index (κ2) is 8.86. The fourth-order valence-electron chi connectivity index (χ4n) is 2.72. The minimum absolute atomic E-state index is 0.0294. The van der Waals surface area contributed by atoms with Crippen LogP contribution in [0.5, 0.6) is 0 Å². The van der Waals surface area contributed by atoms with Gasteiger partial charge in [0.05, 0.1) is 12.6 Å². The number of hydrogen-bond acceptors (Lipinski definition) is 4. The number of hydrogen-bond donors (Lipinski definition) is 2. The number of carbonyl (C=O) groups is 1. The number of carbonyl (C=O) groups excluding carboxylic acids is 1. The summed E-state index contributed by atoms with van der Waals surface area (Å²) in [6.45, 7) is 5.25. The van der Waals surface area contributed by atoms with Gasteiger partial charge in [0.15, 0.2) is 0 Å². The molecule has 6 heteroatoms. The summed E-state index contributed by atoms with van der Waals surface area (Å²) in [4.78, 5) is 18.5. The molecule has 0 aromatic heterocycles. The van der Waals surface area contributed by atoms with Gasteiger partial charge in [-0.3, -0.25) is 4.90 Å². The van der Waals surface area contributed by atoms with Gasteiger partial charge >= 0.3 is 6.03 Å². The van der Waals surface area contributed by atoms with Crippen molar-refractivity contribution in [1.82, 2.24) is 20.0 Å². The van der Waals surface area contributed by atoms with E-state index in [1.54, 1.807) is 7.05 Å². The third kappa shape index (κ3) is 5.49. The Bertz CT molecular complexity index is 475. The number of piperazine rings is 1. The Balaban J connectivity index is 2.02. The van der Waals surface area contributed by atoms with Crippen LogP contribution in [0.15, 0.2) is 30.3 Å². The molecule has 6 nitrogen and oxygen atoms in total. The Morgan fingerprint density at radius 3 is 2.52 bits per heavy atom. The summed E-state index contributed by atoms with van der Waals surface area (Å²) >= 11 is 0. The molecule has 23 heavy (non-hydrogen) atoms. The largest absolute Gasteiger partial charge is 0.395 e. The number of nitrogens with zero attached hydrogens (tertiary/aromatic N) is 3. The van der Waals surface area contributed by atoms with Crippen molar-refractivity contribution < 1.29 is 9.90 Å². The van der Waals surface area contributed by atoms with E-state index in [0.29, 0.717) is 6.54 Å². The lowest BCUT2D eigenvalue weighted by molar-refractivity contribution is 0.139. The van der Waals surface area contributed by atoms with Gasteiger partial charge in [-0.1, -0.05) is 30.3 Å². The molecule has 1 saturated heterocycles. The molecule has 1 aromatic rings. The zero-order valence-corrected chi connectivity index (χ0v) is 14.1. The van der Waals surface area contributed by atoms with E-state index < -0.39 is 0 Å². The summed E-state index contributed by atoms with van der Waals surface area (Å²) in [6, 6.07) is 9.87. The lowest BCUT2D eigenvalue weighted by atomic mass is 10.1. The highest BCUT2D eigenvalue weighted by molar-refractivity contribution is 5.74. The predicted octanol–water partition coefficient (Wildman–Crippen LogP) is 0.609. The highest BCUT2D eigenvalue weighted by Crippen LogP contribution is 2.15. The van der Waals surface area contributed by atoms with Crippen molar-refractivity contribution >= 4 is 6.03 Å². The molecule has 1 heterocycles. The lowest BCUT2D eigenvalue weighted by Gasteiger charge is -2.35. The van der Waals surface area contributed by atoms with Crippen LogP contribution in [0.3, 0.4) is 0 Å². The molecule has 1 atom stereocenters. The van der Waals surface area contributed by atoms with E-state index in [9.17, 15) is 4.79 Å². The van der Waals surface area contributed by atoms with E-state index in [-0.39, 0.29) is 18.7 Å². The molecule has 2 rings (SSSR count). The molecular weight excluding hydrogens is 292 g/mol. The van der Waals surface area contributed by atoms with Crippen LogP contribution in [0.2, 0.25) is 0 Å². The van der Waals surface area contributed by atoms with Gasteiger partial charge in [-0.25, -0.2) is 4.79 Å². The Morgan fingerprint density at radius 1 is 1.26 bits per heavy atom. The fourth-order valence-corrected chi connectivity index (χ4v) is 2.72. The first-order valence-corrected chi connectivity index (χ1v) is 8.18. The SMILES string of the molecule is CN1CCN(CC(NC(=O)N(C)CCO)c2ccccc2)CC1. The van der Waals surface area contributed by atoms with Crippen LogP contribution >= 0.6 is 0 Å². The Morgan fingerprint density at radius 2 is 1.91 bits per heavy atom. The van der Waals surface area contributed by atoms with Crippen molar-refractivity contribution in [3.05, 3.63) is 35.9 Å². The van der Waals surface area contributed by atoms with Gasteiger partial charge in [0.1, 0.15) is 0 Å². The normalized spacial score (nSPS) is 17.7. The van der Waals surface area contributed by atoms with Crippen LogP contribution in [0, 0.1) is 0 Å². The number of urea groups is 1. The first kappa shape index (κ1) is 17.7. The third-order valence-corrected chi connectivity index (χ3v) is 4.32. The zero-order chi connectivity index (χ0) is 16.7. The number of aliphatic hydroxyl groups excluding tert-OH is 1. The summed E-state index contributed by atoms with van der Waals surface area (Å²) in [5.74, 6) is 0. The minimum atomic E-state index is -0.151. The highest BCUT2D eigenvalue weighted by Gasteiger charge is 2.22. The second-order valence-corrected chi connectivity index (χ2v) is 6.16. The van der Waals surface area contributed by atoms with Crippen LogP contribution in [-0.4, -0.2) is 85.8 Å². The highest BCUT2D eigenvalue weighted by atomic mass is 16.3. The molecule has 0 radical (unpaired) electrons. The average molecular weight is 320 g/mol. The molecule has 1 aliphatic rings. The van der Waals surface area contributed by atoms with E-state index in [1.165, 1.54) is 4.90 Å². The maximum absolute atomic E-state index is 12.3. The van der Waals surface area contributed by atoms with Gasteiger partial charge in [-0.15, -0.1) is 0 Å². The monoisotopic (exact) mass is 320 g/mol. The van der Waals surface area contributed by atoms with Gasteiger partial charge in [0, 0.05) is 46.3 Å². The number of likely N-dealkylation sites (N-methyl/N-ethyl adjacent to an activating group) is 2. The van der Waals surface area contributed by atoms with Crippen molar-refractivity contribution in [2.24, 2.45) is 0 Å². The molecule has 2 N–H and O–H groups in total. The van der Waals surface area contributed by atoms with E-state index in [4.69, 9.17) is 5.11 Å². The number of aliphatic hydroxyl groups is 1. The van der Waals surface area contributed by atoms with Gasteiger partial charge in [-0.05, 0) is 12.6 Å². The van der Waals surface area contributed by atoms with Crippen LogP contribution in [0.4, 0.5) is 4.79 Å². The van der Waals surface area contributed by atoms with E-state index in [0.717, 1.165) is 38.3 Å². The quantitative estimate of drug-likeness (QED) is 0.806. The molecule has 1 aliphatic heterocycles. The molecule has 1 unspecified atom stereocenters. The second-order valence-electron chi connectivity index (χ2n) is 6.16. The predicted molar refractivity (Wildman–Crippen MR) is 91.4 cm³/mol. The van der Waals surface area contributed by atoms with Gasteiger partial charge < -0.3 is 20.2 Å². The van der Waals surface area contributed by atoms with Crippen LogP contribution in [0.25, 0.3) is 0 Å². The molecule has 0 saturated carbocycles. The van der Waals surface area contributed by atoms with E-state index >= 15 is 0 Å². The molecule has 0 spiro atoms. The van der Waals surface area contributed by atoms with Gasteiger partial charge in [0.2, 0.25) is 0 Å². The zero-order valence-electron chi connectivity index (χ0n) is 14.1. The average Bonchev–Trinajstić information content (AvgIpc) is 2.57. The summed E-state index contributed by atoms with van der Waals surface area (Å²) in [5, 5.41) is 12.1. The topological polar surface area (TPSA) is 59.0 Å². The van der Waals surface area contributed by atoms with Crippen LogP contribution < -0.4 is 5.32 Å². The summed E-state index contributed by atoms with van der Waals surface area (Å²) in [7, 11) is 3.83. The van der Waals surface area contributed by atoms with Gasteiger partial charge in [0.25, 0.3) is 0 Å². The fraction of sp³-hybridized carbons (Fsp3) is 0.588. The Hall–Kier alpha value is -1.63. The number of rotatable bonds is 6. The third-order valence-electron chi connectivity index (χ3n) is 4.32. The minimum Gasteiger partial charge on any atom is -0.395 e.